The minimum atomic E-state index is 0.574. The molecule has 72 valence electrons. The van der Waals surface area contributed by atoms with Gasteiger partial charge in [0.25, 0.3) is 0 Å². The number of para-hydroxylation sites is 1. The molecule has 0 aliphatic rings. The van der Waals surface area contributed by atoms with Gasteiger partial charge in [-0.1, -0.05) is 18.2 Å². The predicted molar refractivity (Wildman–Crippen MR) is 60.6 cm³/mol. The molecule has 2 aromatic rings. The summed E-state index contributed by atoms with van der Waals surface area (Å²) in [4.78, 5) is 4.31. The Labute approximate surface area is 87.7 Å². The quantitative estimate of drug-likeness (QED) is 0.768. The second-order valence-corrected chi connectivity index (χ2v) is 3.54. The smallest absolute Gasteiger partial charge is 0.127 e. The van der Waals surface area contributed by atoms with E-state index in [0.717, 1.165) is 22.9 Å². The number of halogens is 1. The van der Waals surface area contributed by atoms with Gasteiger partial charge in [0.15, 0.2) is 0 Å². The number of aryl methyl sites for hydroxylation is 1. The van der Waals surface area contributed by atoms with Crippen molar-refractivity contribution in [2.45, 2.75) is 6.42 Å². The lowest BCUT2D eigenvalue weighted by Gasteiger charge is -2.04. The topological polar surface area (TPSA) is 38.9 Å². The molecule has 0 amide bonds. The maximum Gasteiger partial charge on any atom is 0.127 e. The highest BCUT2D eigenvalue weighted by Gasteiger charge is 2.02. The van der Waals surface area contributed by atoms with Gasteiger partial charge in [0, 0.05) is 11.3 Å². The van der Waals surface area contributed by atoms with Crippen LogP contribution >= 0.6 is 11.6 Å². The van der Waals surface area contributed by atoms with E-state index in [-0.39, 0.29) is 0 Å². The van der Waals surface area contributed by atoms with Crippen LogP contribution < -0.4 is 5.73 Å². The van der Waals surface area contributed by atoms with Gasteiger partial charge in [-0.3, -0.25) is 0 Å². The molecule has 0 saturated heterocycles. The third-order valence-electron chi connectivity index (χ3n) is 2.20. The summed E-state index contributed by atoms with van der Waals surface area (Å²) in [6.45, 7) is 0. The van der Waals surface area contributed by atoms with Crippen molar-refractivity contribution in [2.24, 2.45) is 0 Å². The Kier molecular flexibility index (Phi) is 2.55. The number of nitrogens with zero attached hydrogens (tertiary/aromatic N) is 1. The molecule has 2 nitrogen and oxygen atoms in total. The number of nitrogen functional groups attached to an aromatic ring is 1. The van der Waals surface area contributed by atoms with Crippen molar-refractivity contribution >= 4 is 28.3 Å². The third-order valence-corrected chi connectivity index (χ3v) is 2.39. The van der Waals surface area contributed by atoms with Gasteiger partial charge < -0.3 is 5.73 Å². The van der Waals surface area contributed by atoms with Gasteiger partial charge in [-0.15, -0.1) is 11.6 Å². The maximum absolute atomic E-state index is 5.80. The molecular formula is C11H11ClN2. The second kappa shape index (κ2) is 3.84. The SMILES string of the molecule is Nc1nc2ccccc2cc1CCCl. The van der Waals surface area contributed by atoms with Crippen molar-refractivity contribution in [3.63, 3.8) is 0 Å². The van der Waals surface area contributed by atoms with Crippen LogP contribution in [0.1, 0.15) is 5.56 Å². The van der Waals surface area contributed by atoms with Crippen LogP contribution in [0.3, 0.4) is 0 Å². The summed E-state index contributed by atoms with van der Waals surface area (Å²) < 4.78 is 0. The van der Waals surface area contributed by atoms with E-state index in [9.17, 15) is 0 Å². The Morgan fingerprint density at radius 2 is 2.07 bits per heavy atom. The van der Waals surface area contributed by atoms with Crippen molar-refractivity contribution in [1.82, 2.24) is 4.98 Å². The normalized spacial score (nSPS) is 10.6. The van der Waals surface area contributed by atoms with E-state index in [1.165, 1.54) is 0 Å². The first-order valence-corrected chi connectivity index (χ1v) is 5.05. The minimum Gasteiger partial charge on any atom is -0.383 e. The molecule has 1 aromatic heterocycles. The van der Waals surface area contributed by atoms with E-state index in [1.807, 2.05) is 24.3 Å². The van der Waals surface area contributed by atoms with Crippen molar-refractivity contribution in [2.75, 3.05) is 11.6 Å². The van der Waals surface area contributed by atoms with Gasteiger partial charge in [0.2, 0.25) is 0 Å². The summed E-state index contributed by atoms with van der Waals surface area (Å²) in [5.74, 6) is 1.16. The van der Waals surface area contributed by atoms with Crippen LogP contribution in [0, 0.1) is 0 Å². The third kappa shape index (κ3) is 1.66. The molecule has 0 unspecified atom stereocenters. The molecule has 0 radical (unpaired) electrons. The summed E-state index contributed by atoms with van der Waals surface area (Å²) in [7, 11) is 0. The molecule has 0 aliphatic carbocycles. The highest BCUT2D eigenvalue weighted by Crippen LogP contribution is 2.18. The molecule has 3 heteroatoms. The van der Waals surface area contributed by atoms with Gasteiger partial charge in [-0.2, -0.15) is 0 Å². The number of fused-ring (bicyclic) bond motifs is 1. The monoisotopic (exact) mass is 206 g/mol. The molecule has 0 spiro atoms. The first-order chi connectivity index (χ1) is 6.81. The molecule has 2 N–H and O–H groups in total. The van der Waals surface area contributed by atoms with E-state index >= 15 is 0 Å². The van der Waals surface area contributed by atoms with Crippen molar-refractivity contribution in [3.05, 3.63) is 35.9 Å². The summed E-state index contributed by atoms with van der Waals surface area (Å²) in [6.07, 6.45) is 0.769. The van der Waals surface area contributed by atoms with Gasteiger partial charge >= 0.3 is 0 Å². The zero-order valence-electron chi connectivity index (χ0n) is 7.70. The van der Waals surface area contributed by atoms with E-state index < -0.39 is 0 Å². The first kappa shape index (κ1) is 9.28. The Balaban J connectivity index is 2.59. The lowest BCUT2D eigenvalue weighted by molar-refractivity contribution is 1.14. The molecule has 14 heavy (non-hydrogen) atoms. The largest absolute Gasteiger partial charge is 0.383 e. The number of aromatic nitrogens is 1. The Morgan fingerprint density at radius 3 is 2.86 bits per heavy atom. The molecule has 1 aromatic carbocycles. The zero-order valence-corrected chi connectivity index (χ0v) is 8.46. The molecule has 2 rings (SSSR count). The Hall–Kier alpha value is -1.28. The van der Waals surface area contributed by atoms with Crippen LogP contribution in [0.2, 0.25) is 0 Å². The lowest BCUT2D eigenvalue weighted by atomic mass is 10.1. The van der Waals surface area contributed by atoms with Crippen LogP contribution in [0.5, 0.6) is 0 Å². The summed E-state index contributed by atoms with van der Waals surface area (Å²) in [5, 5.41) is 1.11. The fraction of sp³-hybridized carbons (Fsp3) is 0.182. The summed E-state index contributed by atoms with van der Waals surface area (Å²) in [5.41, 5.74) is 7.76. The molecule has 0 bridgehead atoms. The van der Waals surface area contributed by atoms with Crippen LogP contribution in [-0.2, 0) is 6.42 Å². The van der Waals surface area contributed by atoms with Gasteiger partial charge in [0.05, 0.1) is 5.52 Å². The summed E-state index contributed by atoms with van der Waals surface area (Å²) in [6, 6.07) is 9.98. The van der Waals surface area contributed by atoms with Crippen molar-refractivity contribution in [3.8, 4) is 0 Å². The lowest BCUT2D eigenvalue weighted by Crippen LogP contribution is -1.98. The minimum absolute atomic E-state index is 0.574. The highest BCUT2D eigenvalue weighted by molar-refractivity contribution is 6.18. The van der Waals surface area contributed by atoms with Gasteiger partial charge in [-0.25, -0.2) is 4.98 Å². The predicted octanol–water partition coefficient (Wildman–Crippen LogP) is 2.60. The van der Waals surface area contributed by atoms with E-state index in [2.05, 4.69) is 11.1 Å². The Bertz CT molecular complexity index is 454. The summed E-state index contributed by atoms with van der Waals surface area (Å²) >= 11 is 5.68. The van der Waals surface area contributed by atoms with Crippen LogP contribution in [0.25, 0.3) is 10.9 Å². The number of hydrogen-bond acceptors (Lipinski definition) is 2. The number of rotatable bonds is 2. The molecular weight excluding hydrogens is 196 g/mol. The molecule has 0 saturated carbocycles. The number of nitrogens with two attached hydrogens (primary N) is 1. The average molecular weight is 207 g/mol. The molecule has 0 aliphatic heterocycles. The number of anilines is 1. The Morgan fingerprint density at radius 1 is 1.29 bits per heavy atom. The maximum atomic E-state index is 5.80. The van der Waals surface area contributed by atoms with Crippen LogP contribution in [-0.4, -0.2) is 10.9 Å². The van der Waals surface area contributed by atoms with E-state index in [4.69, 9.17) is 17.3 Å². The van der Waals surface area contributed by atoms with Crippen molar-refractivity contribution in [1.29, 1.82) is 0 Å². The number of benzene rings is 1. The second-order valence-electron chi connectivity index (χ2n) is 3.16. The molecule has 0 fully saturated rings. The van der Waals surface area contributed by atoms with Crippen molar-refractivity contribution < 1.29 is 0 Å². The van der Waals surface area contributed by atoms with E-state index in [0.29, 0.717) is 11.7 Å². The van der Waals surface area contributed by atoms with Gasteiger partial charge in [0.1, 0.15) is 5.82 Å². The molecule has 1 heterocycles. The number of pyridine rings is 1. The van der Waals surface area contributed by atoms with Crippen LogP contribution in [0.4, 0.5) is 5.82 Å². The van der Waals surface area contributed by atoms with E-state index in [1.54, 1.807) is 0 Å². The highest BCUT2D eigenvalue weighted by atomic mass is 35.5. The number of hydrogen-bond donors (Lipinski definition) is 1. The van der Waals surface area contributed by atoms with Crippen LogP contribution in [0.15, 0.2) is 30.3 Å². The molecule has 0 atom stereocenters. The first-order valence-electron chi connectivity index (χ1n) is 4.51. The van der Waals surface area contributed by atoms with Gasteiger partial charge in [-0.05, 0) is 24.1 Å². The fourth-order valence-corrected chi connectivity index (χ4v) is 1.68. The number of alkyl halides is 1. The fourth-order valence-electron chi connectivity index (χ4n) is 1.48. The zero-order chi connectivity index (χ0) is 9.97. The average Bonchev–Trinajstić information content (AvgIpc) is 2.19. The standard InChI is InChI=1S/C11H11ClN2/c12-6-5-9-7-8-3-1-2-4-10(8)14-11(9)13/h1-4,7H,5-6H2,(H2,13,14).